The number of aliphatic carboxylic acids is 1. The van der Waals surface area contributed by atoms with Gasteiger partial charge in [0, 0.05) is 0 Å². The molecule has 0 aliphatic rings. The van der Waals surface area contributed by atoms with Crippen molar-refractivity contribution >= 4 is 17.0 Å². The Kier molecular flexibility index (Phi) is 3.02. The van der Waals surface area contributed by atoms with Crippen molar-refractivity contribution in [1.29, 1.82) is 0 Å². The zero-order chi connectivity index (χ0) is 15.0. The smallest absolute Gasteiger partial charge is 0.323 e. The molecule has 0 fully saturated rings. The summed E-state index contributed by atoms with van der Waals surface area (Å²) in [6.07, 6.45) is 2.63. The number of carboxylic acid groups (broad SMARTS) is 1. The molecule has 0 radical (unpaired) electrons. The third kappa shape index (κ3) is 2.29. The minimum absolute atomic E-state index is 0.291. The maximum atomic E-state index is 12.2. The van der Waals surface area contributed by atoms with Gasteiger partial charge in [-0.05, 0) is 19.1 Å². The van der Waals surface area contributed by atoms with Crippen LogP contribution >= 0.6 is 0 Å². The van der Waals surface area contributed by atoms with E-state index in [2.05, 4.69) is 10.1 Å². The molecule has 0 bridgehead atoms. The third-order valence-electron chi connectivity index (χ3n) is 3.14. The first-order valence-electron chi connectivity index (χ1n) is 6.28. The summed E-state index contributed by atoms with van der Waals surface area (Å²) in [6, 6.07) is 7.64. The van der Waals surface area contributed by atoms with Crippen molar-refractivity contribution in [1.82, 2.24) is 19.3 Å². The van der Waals surface area contributed by atoms with Crippen molar-refractivity contribution in [2.45, 2.75) is 13.5 Å². The number of nitrogens with zero attached hydrogens (tertiary/aromatic N) is 4. The Hall–Kier alpha value is -2.96. The average molecular weight is 284 g/mol. The van der Waals surface area contributed by atoms with Gasteiger partial charge in [0.1, 0.15) is 18.3 Å². The number of aryl methyl sites for hydroxylation is 1. The molecular weight excluding hydrogens is 272 g/mol. The number of carboxylic acids is 1. The summed E-state index contributed by atoms with van der Waals surface area (Å²) < 4.78 is 2.60. The van der Waals surface area contributed by atoms with E-state index in [9.17, 15) is 9.59 Å². The molecule has 2 aromatic heterocycles. The summed E-state index contributed by atoms with van der Waals surface area (Å²) in [7, 11) is 0. The van der Waals surface area contributed by atoms with Crippen LogP contribution in [-0.4, -0.2) is 30.4 Å². The lowest BCUT2D eigenvalue weighted by molar-refractivity contribution is -0.137. The first-order chi connectivity index (χ1) is 10.1. The van der Waals surface area contributed by atoms with Gasteiger partial charge in [0.15, 0.2) is 5.65 Å². The van der Waals surface area contributed by atoms with Crippen molar-refractivity contribution in [2.24, 2.45) is 0 Å². The van der Waals surface area contributed by atoms with Crippen molar-refractivity contribution in [3.63, 3.8) is 0 Å². The van der Waals surface area contributed by atoms with Crippen LogP contribution in [-0.2, 0) is 11.3 Å². The Bertz CT molecular complexity index is 877. The van der Waals surface area contributed by atoms with Crippen molar-refractivity contribution in [3.05, 3.63) is 52.7 Å². The largest absolute Gasteiger partial charge is 0.480 e. The van der Waals surface area contributed by atoms with E-state index in [-0.39, 0.29) is 0 Å². The van der Waals surface area contributed by atoms with Gasteiger partial charge in [0.2, 0.25) is 0 Å². The predicted octanol–water partition coefficient (Wildman–Crippen LogP) is 0.975. The van der Waals surface area contributed by atoms with Gasteiger partial charge in [0.25, 0.3) is 5.56 Å². The molecular formula is C14H12N4O3. The van der Waals surface area contributed by atoms with Gasteiger partial charge in [-0.15, -0.1) is 0 Å². The summed E-state index contributed by atoms with van der Waals surface area (Å²) in [5, 5.41) is 13.2. The number of carbonyl (C=O) groups is 1. The lowest BCUT2D eigenvalue weighted by Gasteiger charge is -2.04. The summed E-state index contributed by atoms with van der Waals surface area (Å²) >= 11 is 0. The van der Waals surface area contributed by atoms with E-state index in [0.717, 1.165) is 15.8 Å². The fourth-order valence-corrected chi connectivity index (χ4v) is 2.08. The minimum Gasteiger partial charge on any atom is -0.480 e. The van der Waals surface area contributed by atoms with Crippen molar-refractivity contribution < 1.29 is 9.90 Å². The van der Waals surface area contributed by atoms with Gasteiger partial charge < -0.3 is 5.11 Å². The molecule has 3 aromatic rings. The number of aromatic nitrogens is 4. The fraction of sp³-hybridized carbons (Fsp3) is 0.143. The van der Waals surface area contributed by atoms with E-state index >= 15 is 0 Å². The number of hydrogen-bond acceptors (Lipinski definition) is 4. The molecule has 0 unspecified atom stereocenters. The molecule has 1 aromatic carbocycles. The van der Waals surface area contributed by atoms with E-state index in [1.807, 2.05) is 31.2 Å². The number of fused-ring (bicyclic) bond motifs is 1. The molecule has 0 atom stereocenters. The van der Waals surface area contributed by atoms with E-state index in [0.29, 0.717) is 11.0 Å². The zero-order valence-corrected chi connectivity index (χ0v) is 11.2. The van der Waals surface area contributed by atoms with Crippen LogP contribution in [0.4, 0.5) is 0 Å². The van der Waals surface area contributed by atoms with Crippen LogP contribution in [0.1, 0.15) is 5.56 Å². The van der Waals surface area contributed by atoms with Crippen LogP contribution in [0.5, 0.6) is 0 Å². The summed E-state index contributed by atoms with van der Waals surface area (Å²) in [6.45, 7) is 1.56. The fourth-order valence-electron chi connectivity index (χ4n) is 2.08. The normalized spacial score (nSPS) is 10.9. The van der Waals surface area contributed by atoms with Crippen LogP contribution < -0.4 is 5.56 Å². The Balaban J connectivity index is 2.15. The van der Waals surface area contributed by atoms with Crippen molar-refractivity contribution in [3.8, 4) is 5.69 Å². The Morgan fingerprint density at radius 1 is 1.29 bits per heavy atom. The van der Waals surface area contributed by atoms with E-state index < -0.39 is 18.1 Å². The zero-order valence-electron chi connectivity index (χ0n) is 11.2. The monoisotopic (exact) mass is 284 g/mol. The van der Waals surface area contributed by atoms with E-state index in [1.165, 1.54) is 12.5 Å². The molecule has 3 rings (SSSR count). The molecule has 7 heteroatoms. The van der Waals surface area contributed by atoms with Crippen LogP contribution in [0.3, 0.4) is 0 Å². The second-order valence-corrected chi connectivity index (χ2v) is 4.70. The van der Waals surface area contributed by atoms with Gasteiger partial charge >= 0.3 is 5.97 Å². The molecule has 7 nitrogen and oxygen atoms in total. The molecule has 2 heterocycles. The molecule has 106 valence electrons. The van der Waals surface area contributed by atoms with Gasteiger partial charge in [-0.3, -0.25) is 14.2 Å². The summed E-state index contributed by atoms with van der Waals surface area (Å²) in [4.78, 5) is 27.0. The molecule has 0 aliphatic heterocycles. The van der Waals surface area contributed by atoms with Crippen LogP contribution in [0.15, 0.2) is 41.6 Å². The lowest BCUT2D eigenvalue weighted by atomic mass is 10.2. The number of rotatable bonds is 3. The second kappa shape index (κ2) is 4.86. The number of benzene rings is 1. The van der Waals surface area contributed by atoms with Gasteiger partial charge in [0.05, 0.1) is 11.9 Å². The van der Waals surface area contributed by atoms with E-state index in [4.69, 9.17) is 5.11 Å². The van der Waals surface area contributed by atoms with Gasteiger partial charge in [-0.1, -0.05) is 17.7 Å². The highest BCUT2D eigenvalue weighted by atomic mass is 16.4. The molecule has 0 spiro atoms. The minimum atomic E-state index is -1.09. The highest BCUT2D eigenvalue weighted by Gasteiger charge is 2.12. The first-order valence-corrected chi connectivity index (χ1v) is 6.28. The quantitative estimate of drug-likeness (QED) is 0.774. The third-order valence-corrected chi connectivity index (χ3v) is 3.14. The molecule has 0 amide bonds. The van der Waals surface area contributed by atoms with Crippen molar-refractivity contribution in [2.75, 3.05) is 0 Å². The molecule has 0 aliphatic carbocycles. The maximum Gasteiger partial charge on any atom is 0.323 e. The van der Waals surface area contributed by atoms with Crippen LogP contribution in [0.2, 0.25) is 0 Å². The Labute approximate surface area is 119 Å². The highest BCUT2D eigenvalue weighted by Crippen LogP contribution is 2.14. The topological polar surface area (TPSA) is 90.0 Å². The lowest BCUT2D eigenvalue weighted by Crippen LogP contribution is -2.24. The van der Waals surface area contributed by atoms with Crippen LogP contribution in [0, 0.1) is 6.92 Å². The van der Waals surface area contributed by atoms with Gasteiger partial charge in [-0.25, -0.2) is 9.67 Å². The molecule has 0 saturated carbocycles. The Morgan fingerprint density at radius 3 is 2.67 bits per heavy atom. The molecule has 21 heavy (non-hydrogen) atoms. The second-order valence-electron chi connectivity index (χ2n) is 4.70. The maximum absolute atomic E-state index is 12.2. The first kappa shape index (κ1) is 13.0. The molecule has 0 saturated heterocycles. The SMILES string of the molecule is Cc1ccc(-n2ncc3c(=O)n(CC(=O)O)cnc32)cc1. The van der Waals surface area contributed by atoms with Crippen LogP contribution in [0.25, 0.3) is 16.7 Å². The average Bonchev–Trinajstić information content (AvgIpc) is 2.87. The highest BCUT2D eigenvalue weighted by molar-refractivity contribution is 5.75. The predicted molar refractivity (Wildman–Crippen MR) is 75.5 cm³/mol. The standard InChI is InChI=1S/C14H12N4O3/c1-9-2-4-10(5-3-9)18-13-11(6-16-18)14(21)17(8-15-13)7-12(19)20/h2-6,8H,7H2,1H3,(H,19,20). The summed E-state index contributed by atoms with van der Waals surface area (Å²) in [5.41, 5.74) is 1.90. The van der Waals surface area contributed by atoms with Gasteiger partial charge in [-0.2, -0.15) is 5.10 Å². The summed E-state index contributed by atoms with van der Waals surface area (Å²) in [5.74, 6) is -1.09. The molecule has 1 N–H and O–H groups in total. The number of hydrogen-bond donors (Lipinski definition) is 1. The Morgan fingerprint density at radius 2 is 2.00 bits per heavy atom. The van der Waals surface area contributed by atoms with E-state index in [1.54, 1.807) is 4.68 Å².